The first-order chi connectivity index (χ1) is 17.0. The number of hydrogen-bond acceptors (Lipinski definition) is 6. The topological polar surface area (TPSA) is 97.0 Å². The van der Waals surface area contributed by atoms with E-state index in [4.69, 9.17) is 21.1 Å². The van der Waals surface area contributed by atoms with Crippen LogP contribution in [0.3, 0.4) is 0 Å². The maximum Gasteiger partial charge on any atom is 0.340 e. The van der Waals surface area contributed by atoms with Gasteiger partial charge in [0.15, 0.2) is 6.61 Å². The Morgan fingerprint density at radius 3 is 2.29 bits per heavy atom. The summed E-state index contributed by atoms with van der Waals surface area (Å²) in [7, 11) is 0. The largest absolute Gasteiger partial charge is 0.452 e. The molecule has 3 aromatic carbocycles. The van der Waals surface area contributed by atoms with Gasteiger partial charge in [-0.1, -0.05) is 23.7 Å². The van der Waals surface area contributed by atoms with Crippen molar-refractivity contribution in [1.82, 2.24) is 0 Å². The number of esters is 1. The number of ether oxygens (including phenoxy) is 2. The standard InChI is InChI=1S/C26H24ClN3O5/c27-19-7-5-18(6-8-19)25(32)29-23-4-2-1-3-22(23)26(33)35-17-24(31)28-20-9-11-21(12-10-20)30-13-15-34-16-14-30/h1-12H,13-17H2,(H,28,31)(H,29,32). The quantitative estimate of drug-likeness (QED) is 0.478. The zero-order valence-electron chi connectivity index (χ0n) is 18.8. The zero-order valence-corrected chi connectivity index (χ0v) is 19.6. The summed E-state index contributed by atoms with van der Waals surface area (Å²) < 4.78 is 10.5. The first-order valence-electron chi connectivity index (χ1n) is 11.1. The minimum atomic E-state index is -0.727. The summed E-state index contributed by atoms with van der Waals surface area (Å²) in [5.41, 5.74) is 2.44. The summed E-state index contributed by atoms with van der Waals surface area (Å²) in [6, 6.07) is 20.2. The molecule has 1 fully saturated rings. The average Bonchev–Trinajstić information content (AvgIpc) is 2.89. The molecule has 3 aromatic rings. The van der Waals surface area contributed by atoms with Gasteiger partial charge in [0.05, 0.1) is 24.5 Å². The fraction of sp³-hybridized carbons (Fsp3) is 0.192. The number of nitrogens with one attached hydrogen (secondary N) is 2. The van der Waals surface area contributed by atoms with Crippen molar-refractivity contribution in [3.8, 4) is 0 Å². The maximum absolute atomic E-state index is 12.6. The third-order valence-corrected chi connectivity index (χ3v) is 5.62. The summed E-state index contributed by atoms with van der Waals surface area (Å²) in [6.07, 6.45) is 0. The molecule has 0 spiro atoms. The van der Waals surface area contributed by atoms with E-state index in [-0.39, 0.29) is 11.3 Å². The Hall–Kier alpha value is -3.88. The fourth-order valence-electron chi connectivity index (χ4n) is 3.55. The number of amides is 2. The van der Waals surface area contributed by atoms with Crippen LogP contribution in [0.1, 0.15) is 20.7 Å². The second kappa shape index (κ2) is 11.5. The van der Waals surface area contributed by atoms with Gasteiger partial charge in [0, 0.05) is 35.1 Å². The van der Waals surface area contributed by atoms with Crippen LogP contribution in [-0.2, 0) is 14.3 Å². The van der Waals surface area contributed by atoms with E-state index in [1.165, 1.54) is 6.07 Å². The normalized spacial score (nSPS) is 13.1. The fourth-order valence-corrected chi connectivity index (χ4v) is 3.67. The van der Waals surface area contributed by atoms with E-state index in [9.17, 15) is 14.4 Å². The monoisotopic (exact) mass is 493 g/mol. The molecule has 0 radical (unpaired) electrons. The van der Waals surface area contributed by atoms with Crippen LogP contribution < -0.4 is 15.5 Å². The minimum Gasteiger partial charge on any atom is -0.452 e. The first-order valence-corrected chi connectivity index (χ1v) is 11.4. The van der Waals surface area contributed by atoms with Crippen LogP contribution >= 0.6 is 11.6 Å². The minimum absolute atomic E-state index is 0.137. The summed E-state index contributed by atoms with van der Waals surface area (Å²) in [5, 5.41) is 5.91. The highest BCUT2D eigenvalue weighted by Crippen LogP contribution is 2.20. The highest BCUT2D eigenvalue weighted by atomic mass is 35.5. The molecule has 9 heteroatoms. The number of halogens is 1. The molecule has 0 bridgehead atoms. The van der Waals surface area contributed by atoms with Gasteiger partial charge in [-0.05, 0) is 60.7 Å². The van der Waals surface area contributed by atoms with Gasteiger partial charge in [-0.15, -0.1) is 0 Å². The van der Waals surface area contributed by atoms with Crippen LogP contribution in [0.25, 0.3) is 0 Å². The average molecular weight is 494 g/mol. The smallest absolute Gasteiger partial charge is 0.340 e. The lowest BCUT2D eigenvalue weighted by Crippen LogP contribution is -2.36. The van der Waals surface area contributed by atoms with Crippen molar-refractivity contribution in [3.63, 3.8) is 0 Å². The van der Waals surface area contributed by atoms with Gasteiger partial charge in [-0.2, -0.15) is 0 Å². The van der Waals surface area contributed by atoms with Gasteiger partial charge in [0.25, 0.3) is 11.8 Å². The first kappa shape index (κ1) is 24.3. The molecule has 180 valence electrons. The number of morpholine rings is 1. The Kier molecular flexibility index (Phi) is 7.97. The highest BCUT2D eigenvalue weighted by Gasteiger charge is 2.17. The number of rotatable bonds is 7. The number of benzene rings is 3. The van der Waals surface area contributed by atoms with Gasteiger partial charge >= 0.3 is 5.97 Å². The van der Waals surface area contributed by atoms with Crippen LogP contribution in [-0.4, -0.2) is 50.7 Å². The molecule has 8 nitrogen and oxygen atoms in total. The molecule has 0 aliphatic carbocycles. The molecule has 1 aliphatic rings. The molecule has 0 saturated carbocycles. The molecule has 2 amide bonds. The molecular weight excluding hydrogens is 470 g/mol. The van der Waals surface area contributed by atoms with Gasteiger partial charge < -0.3 is 25.0 Å². The number of hydrogen-bond donors (Lipinski definition) is 2. The van der Waals surface area contributed by atoms with E-state index in [2.05, 4.69) is 15.5 Å². The van der Waals surface area contributed by atoms with Crippen molar-refractivity contribution in [2.24, 2.45) is 0 Å². The van der Waals surface area contributed by atoms with Crippen LogP contribution in [0, 0.1) is 0 Å². The molecule has 4 rings (SSSR count). The van der Waals surface area contributed by atoms with Gasteiger partial charge in [0.2, 0.25) is 0 Å². The zero-order chi connectivity index (χ0) is 24.6. The number of carbonyl (C=O) groups excluding carboxylic acids is 3. The number of nitrogens with zero attached hydrogens (tertiary/aromatic N) is 1. The van der Waals surface area contributed by atoms with Crippen molar-refractivity contribution in [3.05, 3.63) is 88.9 Å². The van der Waals surface area contributed by atoms with E-state index in [1.807, 2.05) is 12.1 Å². The lowest BCUT2D eigenvalue weighted by molar-refractivity contribution is -0.119. The van der Waals surface area contributed by atoms with Gasteiger partial charge in [-0.3, -0.25) is 9.59 Å². The van der Waals surface area contributed by atoms with Crippen LogP contribution in [0.4, 0.5) is 17.1 Å². The third kappa shape index (κ3) is 6.59. The van der Waals surface area contributed by atoms with E-state index < -0.39 is 24.4 Å². The van der Waals surface area contributed by atoms with E-state index in [0.29, 0.717) is 29.5 Å². The summed E-state index contributed by atoms with van der Waals surface area (Å²) in [5.74, 6) is -1.60. The molecule has 0 atom stereocenters. The highest BCUT2D eigenvalue weighted by molar-refractivity contribution is 6.30. The summed E-state index contributed by atoms with van der Waals surface area (Å²) in [4.78, 5) is 39.7. The third-order valence-electron chi connectivity index (χ3n) is 5.36. The molecule has 0 aromatic heterocycles. The van der Waals surface area contributed by atoms with Crippen molar-refractivity contribution in [1.29, 1.82) is 0 Å². The van der Waals surface area contributed by atoms with Crippen molar-refractivity contribution in [2.75, 3.05) is 48.4 Å². The van der Waals surface area contributed by atoms with Crippen LogP contribution in [0.15, 0.2) is 72.8 Å². The predicted molar refractivity (Wildman–Crippen MR) is 134 cm³/mol. The molecule has 1 aliphatic heterocycles. The number of para-hydroxylation sites is 1. The molecule has 35 heavy (non-hydrogen) atoms. The Morgan fingerprint density at radius 2 is 1.57 bits per heavy atom. The SMILES string of the molecule is O=C(COC(=O)c1ccccc1NC(=O)c1ccc(Cl)cc1)Nc1ccc(N2CCOCC2)cc1. The van der Waals surface area contributed by atoms with E-state index in [1.54, 1.807) is 54.6 Å². The Bertz CT molecular complexity index is 1190. The second-order valence-electron chi connectivity index (χ2n) is 7.78. The van der Waals surface area contributed by atoms with Crippen molar-refractivity contribution < 1.29 is 23.9 Å². The molecule has 0 unspecified atom stereocenters. The Balaban J connectivity index is 1.31. The molecular formula is C26H24ClN3O5. The van der Waals surface area contributed by atoms with Crippen molar-refractivity contribution >= 4 is 46.4 Å². The molecule has 2 N–H and O–H groups in total. The number of carbonyl (C=O) groups is 3. The van der Waals surface area contributed by atoms with Crippen LogP contribution in [0.5, 0.6) is 0 Å². The lowest BCUT2D eigenvalue weighted by Gasteiger charge is -2.28. The van der Waals surface area contributed by atoms with Gasteiger partial charge in [-0.25, -0.2) is 4.79 Å². The number of anilines is 3. The predicted octanol–water partition coefficient (Wildman–Crippen LogP) is 4.22. The molecule has 1 saturated heterocycles. The van der Waals surface area contributed by atoms with E-state index in [0.717, 1.165) is 18.8 Å². The van der Waals surface area contributed by atoms with Crippen molar-refractivity contribution in [2.45, 2.75) is 0 Å². The summed E-state index contributed by atoms with van der Waals surface area (Å²) >= 11 is 5.86. The van der Waals surface area contributed by atoms with E-state index >= 15 is 0 Å². The maximum atomic E-state index is 12.6. The van der Waals surface area contributed by atoms with Crippen LogP contribution in [0.2, 0.25) is 5.02 Å². The lowest BCUT2D eigenvalue weighted by atomic mass is 10.1. The summed E-state index contributed by atoms with van der Waals surface area (Å²) in [6.45, 7) is 2.56. The Morgan fingerprint density at radius 1 is 0.886 bits per heavy atom. The second-order valence-corrected chi connectivity index (χ2v) is 8.21. The van der Waals surface area contributed by atoms with Gasteiger partial charge in [0.1, 0.15) is 0 Å². The Labute approximate surface area is 207 Å². The molecule has 1 heterocycles.